The largest absolute Gasteiger partial charge is 0.394 e. The van der Waals surface area contributed by atoms with Crippen molar-refractivity contribution in [3.8, 4) is 22.6 Å². The van der Waals surface area contributed by atoms with E-state index >= 15 is 0 Å². The predicted octanol–water partition coefficient (Wildman–Crippen LogP) is 4.09. The van der Waals surface area contributed by atoms with E-state index in [9.17, 15) is 9.50 Å². The fraction of sp³-hybridized carbons (Fsp3) is 0.250. The van der Waals surface area contributed by atoms with Gasteiger partial charge >= 0.3 is 0 Å². The topological polar surface area (TPSA) is 75.3 Å². The van der Waals surface area contributed by atoms with E-state index < -0.39 is 0 Å². The van der Waals surface area contributed by atoms with Gasteiger partial charge in [0.05, 0.1) is 24.0 Å². The quantitative estimate of drug-likeness (QED) is 0.513. The molecule has 8 heteroatoms. The number of aliphatic hydroxyl groups excluding tert-OH is 1. The van der Waals surface area contributed by atoms with E-state index in [0.29, 0.717) is 11.6 Å². The molecule has 2 N–H and O–H groups in total. The summed E-state index contributed by atoms with van der Waals surface area (Å²) in [6.45, 7) is 4.04. The molecule has 28 heavy (non-hydrogen) atoms. The van der Waals surface area contributed by atoms with Gasteiger partial charge in [-0.25, -0.2) is 19.3 Å². The average molecular weight is 397 g/mol. The van der Waals surface area contributed by atoms with Gasteiger partial charge in [-0.1, -0.05) is 13.8 Å². The summed E-state index contributed by atoms with van der Waals surface area (Å²) in [7, 11) is 0. The van der Waals surface area contributed by atoms with Crippen molar-refractivity contribution in [2.45, 2.75) is 19.9 Å². The molecule has 0 amide bonds. The van der Waals surface area contributed by atoms with Crippen molar-refractivity contribution >= 4 is 22.2 Å². The number of imidazole rings is 1. The second kappa shape index (κ2) is 7.65. The molecule has 4 rings (SSSR count). The van der Waals surface area contributed by atoms with Crippen LogP contribution < -0.4 is 5.32 Å². The number of benzene rings is 1. The molecule has 0 aliphatic rings. The zero-order chi connectivity index (χ0) is 19.7. The minimum absolute atomic E-state index is 0.00641. The van der Waals surface area contributed by atoms with Crippen LogP contribution >= 0.6 is 11.3 Å². The van der Waals surface area contributed by atoms with Crippen molar-refractivity contribution in [3.63, 3.8) is 0 Å². The van der Waals surface area contributed by atoms with Gasteiger partial charge in [0.1, 0.15) is 11.5 Å². The highest BCUT2D eigenvalue weighted by Gasteiger charge is 2.19. The van der Waals surface area contributed by atoms with Crippen molar-refractivity contribution in [1.29, 1.82) is 0 Å². The van der Waals surface area contributed by atoms with Crippen LogP contribution in [0.5, 0.6) is 0 Å². The van der Waals surface area contributed by atoms with Crippen LogP contribution in [0.15, 0.2) is 48.1 Å². The maximum atomic E-state index is 13.4. The molecule has 0 unspecified atom stereocenters. The fourth-order valence-corrected chi connectivity index (χ4v) is 3.70. The van der Waals surface area contributed by atoms with Crippen LogP contribution in [0.25, 0.3) is 27.6 Å². The fourth-order valence-electron chi connectivity index (χ4n) is 2.99. The van der Waals surface area contributed by atoms with Gasteiger partial charge < -0.3 is 10.4 Å². The second-order valence-corrected chi connectivity index (χ2v) is 7.69. The highest BCUT2D eigenvalue weighted by molar-refractivity contribution is 7.15. The lowest BCUT2D eigenvalue weighted by Gasteiger charge is -2.19. The van der Waals surface area contributed by atoms with Crippen LogP contribution in [0.3, 0.4) is 0 Å². The number of halogens is 1. The van der Waals surface area contributed by atoms with Crippen molar-refractivity contribution < 1.29 is 9.50 Å². The monoisotopic (exact) mass is 397 g/mol. The van der Waals surface area contributed by atoms with Gasteiger partial charge in [-0.2, -0.15) is 0 Å². The van der Waals surface area contributed by atoms with Gasteiger partial charge in [-0.15, -0.1) is 11.3 Å². The Morgan fingerprint density at radius 1 is 1.18 bits per heavy atom. The molecule has 4 aromatic rings. The normalized spacial score (nSPS) is 12.6. The first kappa shape index (κ1) is 18.5. The van der Waals surface area contributed by atoms with E-state index in [-0.39, 0.29) is 24.4 Å². The van der Waals surface area contributed by atoms with Crippen molar-refractivity contribution in [2.75, 3.05) is 11.9 Å². The molecule has 1 atom stereocenters. The van der Waals surface area contributed by atoms with Gasteiger partial charge in [0.2, 0.25) is 5.95 Å². The van der Waals surface area contributed by atoms with Crippen LogP contribution in [0, 0.1) is 11.7 Å². The highest BCUT2D eigenvalue weighted by atomic mass is 32.1. The molecule has 0 spiro atoms. The van der Waals surface area contributed by atoms with Crippen LogP contribution in [-0.4, -0.2) is 37.1 Å². The molecule has 3 heterocycles. The third-order valence-corrected chi connectivity index (χ3v) is 5.35. The van der Waals surface area contributed by atoms with Crippen LogP contribution in [0.2, 0.25) is 0 Å². The Kier molecular flexibility index (Phi) is 5.06. The first-order valence-electron chi connectivity index (χ1n) is 8.99. The van der Waals surface area contributed by atoms with E-state index in [1.54, 1.807) is 18.3 Å². The molecule has 0 saturated heterocycles. The summed E-state index contributed by atoms with van der Waals surface area (Å²) in [6.07, 6.45) is 3.62. The van der Waals surface area contributed by atoms with E-state index in [1.165, 1.54) is 23.5 Å². The number of thiazole rings is 1. The van der Waals surface area contributed by atoms with E-state index in [2.05, 4.69) is 15.3 Å². The van der Waals surface area contributed by atoms with E-state index in [0.717, 1.165) is 21.9 Å². The molecule has 0 fully saturated rings. The summed E-state index contributed by atoms with van der Waals surface area (Å²) in [6, 6.07) is 7.96. The lowest BCUT2D eigenvalue weighted by molar-refractivity contribution is 0.248. The maximum Gasteiger partial charge on any atom is 0.223 e. The number of nitrogens with zero attached hydrogens (tertiary/aromatic N) is 4. The number of anilines is 1. The van der Waals surface area contributed by atoms with Crippen molar-refractivity contribution in [1.82, 2.24) is 19.4 Å². The smallest absolute Gasteiger partial charge is 0.223 e. The summed E-state index contributed by atoms with van der Waals surface area (Å²) in [5.74, 6) is 0.384. The van der Waals surface area contributed by atoms with Gasteiger partial charge in [0.25, 0.3) is 0 Å². The Labute approximate surface area is 165 Å². The summed E-state index contributed by atoms with van der Waals surface area (Å²) in [5, 5.41) is 14.7. The molecule has 0 aliphatic carbocycles. The van der Waals surface area contributed by atoms with Crippen LogP contribution in [0.1, 0.15) is 13.8 Å². The van der Waals surface area contributed by atoms with Crippen LogP contribution in [0.4, 0.5) is 10.3 Å². The maximum absolute atomic E-state index is 13.4. The molecule has 6 nitrogen and oxygen atoms in total. The first-order valence-corrected chi connectivity index (χ1v) is 9.87. The Morgan fingerprint density at radius 3 is 2.68 bits per heavy atom. The number of hydrogen-bond donors (Lipinski definition) is 2. The van der Waals surface area contributed by atoms with Crippen molar-refractivity contribution in [3.05, 3.63) is 53.9 Å². The second-order valence-electron chi connectivity index (χ2n) is 6.81. The summed E-state index contributed by atoms with van der Waals surface area (Å²) in [5.41, 5.74) is 3.07. The van der Waals surface area contributed by atoms with Crippen LogP contribution in [-0.2, 0) is 0 Å². The lowest BCUT2D eigenvalue weighted by atomic mass is 10.1. The van der Waals surface area contributed by atoms with Crippen molar-refractivity contribution in [2.24, 2.45) is 5.92 Å². The molecule has 0 radical (unpaired) electrons. The summed E-state index contributed by atoms with van der Waals surface area (Å²) < 4.78 is 15.3. The minimum atomic E-state index is -0.288. The molecule has 1 aromatic carbocycles. The minimum Gasteiger partial charge on any atom is -0.394 e. The number of aromatic nitrogens is 4. The predicted molar refractivity (Wildman–Crippen MR) is 109 cm³/mol. The summed E-state index contributed by atoms with van der Waals surface area (Å²) in [4.78, 5) is 14.5. The third-order valence-electron chi connectivity index (χ3n) is 4.59. The molecular weight excluding hydrogens is 377 g/mol. The van der Waals surface area contributed by atoms with Gasteiger partial charge in [0.15, 0.2) is 4.96 Å². The molecule has 144 valence electrons. The Hall–Kier alpha value is -2.84. The first-order chi connectivity index (χ1) is 13.6. The average Bonchev–Trinajstić information content (AvgIpc) is 3.27. The standard InChI is InChI=1S/C20H20FN5OS/c1-12(2)16(11-27)24-19-22-8-7-15(23-19)18-17(13-3-5-14(21)6-4-13)25-20-26(18)9-10-28-20/h3-10,12,16,27H,11H2,1-2H3,(H,22,23,24)/t16-/m1/s1. The van der Waals surface area contributed by atoms with Gasteiger partial charge in [-0.05, 0) is 36.2 Å². The number of hydrogen-bond acceptors (Lipinski definition) is 6. The Morgan fingerprint density at radius 2 is 1.96 bits per heavy atom. The third kappa shape index (κ3) is 3.48. The number of rotatable bonds is 6. The Balaban J connectivity index is 1.80. The number of nitrogens with one attached hydrogen (secondary N) is 1. The molecule has 3 aromatic heterocycles. The Bertz CT molecular complexity index is 1090. The van der Waals surface area contributed by atoms with E-state index in [1.807, 2.05) is 35.9 Å². The highest BCUT2D eigenvalue weighted by Crippen LogP contribution is 2.33. The van der Waals surface area contributed by atoms with Gasteiger partial charge in [0, 0.05) is 23.3 Å². The number of aliphatic hydroxyl groups is 1. The lowest BCUT2D eigenvalue weighted by Crippen LogP contribution is -2.30. The summed E-state index contributed by atoms with van der Waals surface area (Å²) >= 11 is 1.52. The van der Waals surface area contributed by atoms with E-state index in [4.69, 9.17) is 4.98 Å². The number of fused-ring (bicyclic) bond motifs is 1. The molecular formula is C20H20FN5OS. The molecule has 0 saturated carbocycles. The molecule has 0 aliphatic heterocycles. The SMILES string of the molecule is CC(C)[C@@H](CO)Nc1nccc(-c2c(-c3ccc(F)cc3)nc3sccn23)n1. The molecule has 0 bridgehead atoms. The zero-order valence-corrected chi connectivity index (χ0v) is 16.3. The van der Waals surface area contributed by atoms with Gasteiger partial charge in [-0.3, -0.25) is 4.40 Å². The zero-order valence-electron chi connectivity index (χ0n) is 15.5.